The van der Waals surface area contributed by atoms with Crippen LogP contribution in [0.5, 0.6) is 11.5 Å². The van der Waals surface area contributed by atoms with Crippen LogP contribution in [0.2, 0.25) is 10.0 Å². The normalized spacial score (nSPS) is 20.7. The molecule has 11 heteroatoms. The fourth-order valence-electron chi connectivity index (χ4n) is 5.43. The number of benzene rings is 2. The van der Waals surface area contributed by atoms with Crippen molar-refractivity contribution in [3.63, 3.8) is 0 Å². The van der Waals surface area contributed by atoms with E-state index in [1.54, 1.807) is 19.2 Å². The standard InChI is InChI=1S/C28H31Cl2FN4O4/c1-28(2,3)39-27(36)35-11-16-7-15(8-17(16)12-35)13-38-23-10-21-18(9-22(23)37-4)26(33-14-32-21)34-20-6-5-19(29)24(30)25(20)31/h5-6,9-10,14-17H,7-8,11-13H2,1-4H3,(H,32,33,34)/t15?,16-,17+. The van der Waals surface area contributed by atoms with Gasteiger partial charge in [0.15, 0.2) is 17.3 Å². The molecule has 8 nitrogen and oxygen atoms in total. The molecule has 1 aliphatic carbocycles. The maximum atomic E-state index is 14.6. The lowest BCUT2D eigenvalue weighted by Gasteiger charge is -2.25. The van der Waals surface area contributed by atoms with E-state index < -0.39 is 11.4 Å². The summed E-state index contributed by atoms with van der Waals surface area (Å²) in [6.45, 7) is 7.63. The van der Waals surface area contributed by atoms with E-state index in [9.17, 15) is 9.18 Å². The molecule has 3 aromatic rings. The number of hydrogen-bond donors (Lipinski definition) is 1. The summed E-state index contributed by atoms with van der Waals surface area (Å²) in [4.78, 5) is 22.9. The third-order valence-electron chi connectivity index (χ3n) is 7.18. The Morgan fingerprint density at radius 2 is 1.85 bits per heavy atom. The van der Waals surface area contributed by atoms with Crippen molar-refractivity contribution in [1.82, 2.24) is 14.9 Å². The highest BCUT2D eigenvalue weighted by molar-refractivity contribution is 6.42. The van der Waals surface area contributed by atoms with Gasteiger partial charge in [0.05, 0.1) is 35.0 Å². The number of nitrogens with one attached hydrogen (secondary N) is 1. The summed E-state index contributed by atoms with van der Waals surface area (Å²) in [6.07, 6.45) is 3.14. The molecule has 3 atom stereocenters. The van der Waals surface area contributed by atoms with E-state index in [4.69, 9.17) is 37.4 Å². The lowest BCUT2D eigenvalue weighted by Crippen LogP contribution is -2.36. The average Bonchev–Trinajstić information content (AvgIpc) is 3.46. The summed E-state index contributed by atoms with van der Waals surface area (Å²) < 4.78 is 32.0. The van der Waals surface area contributed by atoms with Gasteiger partial charge in [-0.05, 0) is 69.6 Å². The third kappa shape index (κ3) is 5.94. The smallest absolute Gasteiger partial charge is 0.410 e. The van der Waals surface area contributed by atoms with Gasteiger partial charge in [0, 0.05) is 24.5 Å². The van der Waals surface area contributed by atoms with Crippen molar-refractivity contribution in [1.29, 1.82) is 0 Å². The second-order valence-corrected chi connectivity index (χ2v) is 11.9. The van der Waals surface area contributed by atoms with Crippen LogP contribution in [-0.2, 0) is 4.74 Å². The van der Waals surface area contributed by atoms with Crippen LogP contribution in [0.1, 0.15) is 33.6 Å². The Balaban J connectivity index is 1.26. The van der Waals surface area contributed by atoms with Crippen molar-refractivity contribution >= 4 is 51.7 Å². The molecule has 208 valence electrons. The summed E-state index contributed by atoms with van der Waals surface area (Å²) in [6, 6.07) is 6.57. The molecule has 1 N–H and O–H groups in total. The van der Waals surface area contributed by atoms with Crippen LogP contribution in [0.4, 0.5) is 20.7 Å². The number of carbonyl (C=O) groups excluding carboxylic acids is 1. The molecule has 2 aromatic carbocycles. The molecule has 1 aliphatic heterocycles. The van der Waals surface area contributed by atoms with Crippen LogP contribution in [0.25, 0.3) is 10.9 Å². The Kier molecular flexibility index (Phi) is 7.66. The van der Waals surface area contributed by atoms with E-state index in [0.717, 1.165) is 25.9 Å². The van der Waals surface area contributed by atoms with E-state index >= 15 is 0 Å². The molecule has 1 unspecified atom stereocenters. The molecule has 2 aliphatic rings. The van der Waals surface area contributed by atoms with Crippen LogP contribution in [-0.4, -0.2) is 53.4 Å². The van der Waals surface area contributed by atoms with Crippen LogP contribution < -0.4 is 14.8 Å². The molecule has 1 saturated carbocycles. The minimum Gasteiger partial charge on any atom is -0.493 e. The van der Waals surface area contributed by atoms with Crippen molar-refractivity contribution in [2.45, 2.75) is 39.2 Å². The van der Waals surface area contributed by atoms with Crippen LogP contribution in [0.3, 0.4) is 0 Å². The zero-order chi connectivity index (χ0) is 27.9. The van der Waals surface area contributed by atoms with Crippen molar-refractivity contribution in [3.05, 3.63) is 46.5 Å². The van der Waals surface area contributed by atoms with Crippen molar-refractivity contribution in [3.8, 4) is 11.5 Å². The summed E-state index contributed by atoms with van der Waals surface area (Å²) in [5, 5.41) is 3.57. The van der Waals surface area contributed by atoms with Crippen LogP contribution in [0.15, 0.2) is 30.6 Å². The number of halogens is 3. The van der Waals surface area contributed by atoms with Gasteiger partial charge in [0.25, 0.3) is 0 Å². The molecule has 39 heavy (non-hydrogen) atoms. The highest BCUT2D eigenvalue weighted by Crippen LogP contribution is 2.43. The lowest BCUT2D eigenvalue weighted by atomic mass is 10.0. The summed E-state index contributed by atoms with van der Waals surface area (Å²) in [5.74, 6) is 2.09. The number of carbonyl (C=O) groups is 1. The first-order valence-electron chi connectivity index (χ1n) is 12.9. The highest BCUT2D eigenvalue weighted by atomic mass is 35.5. The van der Waals surface area contributed by atoms with Gasteiger partial charge in [-0.1, -0.05) is 23.2 Å². The zero-order valence-electron chi connectivity index (χ0n) is 22.3. The van der Waals surface area contributed by atoms with E-state index in [-0.39, 0.29) is 21.8 Å². The quantitative estimate of drug-likeness (QED) is 0.313. The van der Waals surface area contributed by atoms with Gasteiger partial charge < -0.3 is 24.4 Å². The van der Waals surface area contributed by atoms with Gasteiger partial charge in [-0.3, -0.25) is 0 Å². The molecular formula is C28H31Cl2FN4O4. The number of fused-ring (bicyclic) bond motifs is 2. The van der Waals surface area contributed by atoms with Crippen LogP contribution in [0, 0.1) is 23.6 Å². The molecule has 2 heterocycles. The third-order valence-corrected chi connectivity index (χ3v) is 7.97. The van der Waals surface area contributed by atoms with Gasteiger partial charge in [-0.25, -0.2) is 19.2 Å². The Morgan fingerprint density at radius 1 is 1.13 bits per heavy atom. The summed E-state index contributed by atoms with van der Waals surface area (Å²) in [5.41, 5.74) is 0.256. The number of nitrogens with zero attached hydrogens (tertiary/aromatic N) is 3. The largest absolute Gasteiger partial charge is 0.493 e. The second kappa shape index (κ2) is 10.8. The molecular weight excluding hydrogens is 546 g/mol. The molecule has 2 fully saturated rings. The predicted octanol–water partition coefficient (Wildman–Crippen LogP) is 7.10. The van der Waals surface area contributed by atoms with Crippen molar-refractivity contribution in [2.75, 3.05) is 32.1 Å². The number of amides is 1. The number of rotatable bonds is 6. The topological polar surface area (TPSA) is 85.8 Å². The molecule has 5 rings (SSSR count). The van der Waals surface area contributed by atoms with Gasteiger partial charge >= 0.3 is 6.09 Å². The Labute approximate surface area is 236 Å². The Morgan fingerprint density at radius 3 is 2.51 bits per heavy atom. The first-order valence-corrected chi connectivity index (χ1v) is 13.6. The predicted molar refractivity (Wildman–Crippen MR) is 149 cm³/mol. The molecule has 1 aromatic heterocycles. The number of hydrogen-bond acceptors (Lipinski definition) is 7. The van der Waals surface area contributed by atoms with Crippen molar-refractivity contribution < 1.29 is 23.4 Å². The molecule has 0 spiro atoms. The fourth-order valence-corrected chi connectivity index (χ4v) is 5.74. The van der Waals surface area contributed by atoms with Gasteiger partial charge in [0.1, 0.15) is 17.7 Å². The molecule has 0 radical (unpaired) electrons. The number of methoxy groups -OCH3 is 1. The van der Waals surface area contributed by atoms with Gasteiger partial charge in [0.2, 0.25) is 0 Å². The molecule has 1 amide bonds. The monoisotopic (exact) mass is 576 g/mol. The fraction of sp³-hybridized carbons (Fsp3) is 0.464. The number of anilines is 2. The highest BCUT2D eigenvalue weighted by Gasteiger charge is 2.43. The minimum absolute atomic E-state index is 0.127. The zero-order valence-corrected chi connectivity index (χ0v) is 23.8. The van der Waals surface area contributed by atoms with E-state index in [2.05, 4.69) is 15.3 Å². The number of likely N-dealkylation sites (tertiary alicyclic amines) is 1. The SMILES string of the molecule is COc1cc2c(Nc3ccc(Cl)c(Cl)c3F)ncnc2cc1OCC1C[C@@H]2CN(C(=O)OC(C)(C)C)C[C@@H]2C1. The van der Waals surface area contributed by atoms with E-state index in [0.29, 0.717) is 52.6 Å². The van der Waals surface area contributed by atoms with E-state index in [1.807, 2.05) is 25.7 Å². The van der Waals surface area contributed by atoms with Gasteiger partial charge in [-0.15, -0.1) is 0 Å². The Bertz CT molecular complexity index is 1390. The summed E-state index contributed by atoms with van der Waals surface area (Å²) in [7, 11) is 1.56. The van der Waals surface area contributed by atoms with Crippen molar-refractivity contribution in [2.24, 2.45) is 17.8 Å². The van der Waals surface area contributed by atoms with Gasteiger partial charge in [-0.2, -0.15) is 0 Å². The maximum absolute atomic E-state index is 14.6. The second-order valence-electron chi connectivity index (χ2n) is 11.1. The number of aromatic nitrogens is 2. The minimum atomic E-state index is -0.668. The summed E-state index contributed by atoms with van der Waals surface area (Å²) >= 11 is 11.9. The lowest BCUT2D eigenvalue weighted by molar-refractivity contribution is 0.0276. The molecule has 1 saturated heterocycles. The number of ether oxygens (including phenoxy) is 3. The average molecular weight is 577 g/mol. The first-order chi connectivity index (χ1) is 18.5. The molecule has 0 bridgehead atoms. The first kappa shape index (κ1) is 27.5. The van der Waals surface area contributed by atoms with Crippen LogP contribution >= 0.6 is 23.2 Å². The van der Waals surface area contributed by atoms with E-state index in [1.165, 1.54) is 18.5 Å². The maximum Gasteiger partial charge on any atom is 0.410 e. The Hall–Kier alpha value is -3.04.